The van der Waals surface area contributed by atoms with Gasteiger partial charge in [-0.1, -0.05) is 41.1 Å². The highest BCUT2D eigenvalue weighted by molar-refractivity contribution is 7.99. The van der Waals surface area contributed by atoms with Gasteiger partial charge in [-0.3, -0.25) is 4.79 Å². The van der Waals surface area contributed by atoms with E-state index in [0.717, 1.165) is 21.8 Å². The second-order valence-electron chi connectivity index (χ2n) is 6.91. The van der Waals surface area contributed by atoms with Crippen molar-refractivity contribution in [1.82, 2.24) is 4.98 Å². The van der Waals surface area contributed by atoms with Crippen molar-refractivity contribution in [3.63, 3.8) is 0 Å². The van der Waals surface area contributed by atoms with Crippen molar-refractivity contribution >= 4 is 34.3 Å². The molecule has 0 unspecified atom stereocenters. The molecule has 3 aromatic rings. The lowest BCUT2D eigenvalue weighted by molar-refractivity contribution is -0.113. The summed E-state index contributed by atoms with van der Waals surface area (Å²) in [6.45, 7) is 10.3. The highest BCUT2D eigenvalue weighted by Gasteiger charge is 2.10. The minimum absolute atomic E-state index is 0.0119. The zero-order valence-electron chi connectivity index (χ0n) is 15.9. The fourth-order valence-corrected chi connectivity index (χ4v) is 3.94. The third-order valence-corrected chi connectivity index (χ3v) is 5.35. The Morgan fingerprint density at radius 2 is 1.65 bits per heavy atom. The van der Waals surface area contributed by atoms with Gasteiger partial charge >= 0.3 is 0 Å². The van der Waals surface area contributed by atoms with Gasteiger partial charge in [0.1, 0.15) is 0 Å². The predicted octanol–water partition coefficient (Wildman–Crippen LogP) is 5.51. The van der Waals surface area contributed by atoms with Gasteiger partial charge in [-0.05, 0) is 69.5 Å². The van der Waals surface area contributed by atoms with Crippen LogP contribution in [-0.2, 0) is 4.79 Å². The van der Waals surface area contributed by atoms with E-state index in [4.69, 9.17) is 4.98 Å². The minimum atomic E-state index is -0.0119. The number of carbonyl (C=O) groups is 1. The molecule has 1 aromatic heterocycles. The molecule has 3 nitrogen and oxygen atoms in total. The molecule has 26 heavy (non-hydrogen) atoms. The van der Waals surface area contributed by atoms with Gasteiger partial charge in [-0.15, -0.1) is 0 Å². The number of nitrogens with one attached hydrogen (secondary N) is 1. The molecule has 134 valence electrons. The normalized spacial score (nSPS) is 11.0. The van der Waals surface area contributed by atoms with Crippen LogP contribution < -0.4 is 5.32 Å². The lowest BCUT2D eigenvalue weighted by Crippen LogP contribution is -2.15. The molecule has 0 bridgehead atoms. The van der Waals surface area contributed by atoms with Gasteiger partial charge in [0.15, 0.2) is 0 Å². The highest BCUT2D eigenvalue weighted by atomic mass is 32.2. The summed E-state index contributed by atoms with van der Waals surface area (Å²) in [5, 5.41) is 5.06. The summed E-state index contributed by atoms with van der Waals surface area (Å²) in [6.07, 6.45) is 0. The third kappa shape index (κ3) is 4.07. The Kier molecular flexibility index (Phi) is 5.33. The smallest absolute Gasteiger partial charge is 0.234 e. The van der Waals surface area contributed by atoms with Crippen molar-refractivity contribution in [2.24, 2.45) is 0 Å². The number of rotatable bonds is 4. The van der Waals surface area contributed by atoms with Crippen molar-refractivity contribution < 1.29 is 4.79 Å². The molecule has 4 heteroatoms. The molecule has 0 radical (unpaired) electrons. The number of pyridine rings is 1. The topological polar surface area (TPSA) is 42.0 Å². The summed E-state index contributed by atoms with van der Waals surface area (Å²) in [5.41, 5.74) is 7.77. The number of aromatic nitrogens is 1. The summed E-state index contributed by atoms with van der Waals surface area (Å²) < 4.78 is 0. The van der Waals surface area contributed by atoms with E-state index in [-0.39, 0.29) is 5.91 Å². The largest absolute Gasteiger partial charge is 0.325 e. The molecule has 1 amide bonds. The Morgan fingerprint density at radius 3 is 2.38 bits per heavy atom. The zero-order valence-corrected chi connectivity index (χ0v) is 16.8. The molecular formula is C22H24N2OS. The fourth-order valence-electron chi connectivity index (χ4n) is 3.17. The lowest BCUT2D eigenvalue weighted by atomic mass is 10.0. The molecule has 0 fully saturated rings. The van der Waals surface area contributed by atoms with Gasteiger partial charge < -0.3 is 5.32 Å². The second kappa shape index (κ2) is 7.50. The lowest BCUT2D eigenvalue weighted by Gasteiger charge is -2.11. The van der Waals surface area contributed by atoms with Crippen LogP contribution in [0, 0.1) is 34.6 Å². The Bertz CT molecular complexity index is 995. The first kappa shape index (κ1) is 18.5. The SMILES string of the molecule is Cc1ccc(NC(=O)CSc2cc(C)c3cc(C)cc(C)c3n2)c(C)c1. The maximum Gasteiger partial charge on any atom is 0.234 e. The average molecular weight is 365 g/mol. The van der Waals surface area contributed by atoms with Crippen LogP contribution in [0.5, 0.6) is 0 Å². The monoisotopic (exact) mass is 364 g/mol. The van der Waals surface area contributed by atoms with Crippen molar-refractivity contribution in [3.8, 4) is 0 Å². The summed E-state index contributed by atoms with van der Waals surface area (Å²) in [6, 6.07) is 12.4. The standard InChI is InChI=1S/C22H24N2OS/c1-13-6-7-19(16(4)8-13)23-20(25)12-26-21-11-15(3)18-10-14(2)9-17(5)22(18)24-21/h6-11H,12H2,1-5H3,(H,23,25). The number of nitrogens with zero attached hydrogens (tertiary/aromatic N) is 1. The molecule has 1 heterocycles. The van der Waals surface area contributed by atoms with Crippen LogP contribution in [0.1, 0.15) is 27.8 Å². The molecule has 1 N–H and O–H groups in total. The quantitative estimate of drug-likeness (QED) is 0.621. The van der Waals surface area contributed by atoms with Gasteiger partial charge in [-0.25, -0.2) is 4.98 Å². The van der Waals surface area contributed by atoms with E-state index >= 15 is 0 Å². The maximum atomic E-state index is 12.3. The Hall–Kier alpha value is -2.33. The van der Waals surface area contributed by atoms with E-state index in [1.54, 1.807) is 0 Å². The number of hydrogen-bond donors (Lipinski definition) is 1. The van der Waals surface area contributed by atoms with Crippen molar-refractivity contribution in [2.75, 3.05) is 11.1 Å². The molecule has 0 atom stereocenters. The molecule has 3 rings (SSSR count). The van der Waals surface area contributed by atoms with Crippen LogP contribution in [0.2, 0.25) is 0 Å². The van der Waals surface area contributed by atoms with Gasteiger partial charge in [0, 0.05) is 11.1 Å². The second-order valence-corrected chi connectivity index (χ2v) is 7.91. The van der Waals surface area contributed by atoms with Crippen LogP contribution >= 0.6 is 11.8 Å². The number of carbonyl (C=O) groups excluding carboxylic acids is 1. The van der Waals surface area contributed by atoms with E-state index in [9.17, 15) is 4.79 Å². The van der Waals surface area contributed by atoms with Crippen LogP contribution in [0.4, 0.5) is 5.69 Å². The number of benzene rings is 2. The summed E-state index contributed by atoms with van der Waals surface area (Å²) in [7, 11) is 0. The summed E-state index contributed by atoms with van der Waals surface area (Å²) >= 11 is 1.48. The van der Waals surface area contributed by atoms with Gasteiger partial charge in [-0.2, -0.15) is 0 Å². The first-order valence-corrected chi connectivity index (χ1v) is 9.70. The summed E-state index contributed by atoms with van der Waals surface area (Å²) in [5.74, 6) is 0.332. The number of amides is 1. The predicted molar refractivity (Wildman–Crippen MR) is 111 cm³/mol. The van der Waals surface area contributed by atoms with Crippen LogP contribution in [0.15, 0.2) is 41.4 Å². The van der Waals surface area contributed by atoms with Crippen LogP contribution in [0.3, 0.4) is 0 Å². The van der Waals surface area contributed by atoms with E-state index in [2.05, 4.69) is 50.4 Å². The molecule has 0 saturated heterocycles. The molecule has 0 aliphatic heterocycles. The van der Waals surface area contributed by atoms with Gasteiger partial charge in [0.25, 0.3) is 0 Å². The minimum Gasteiger partial charge on any atom is -0.325 e. The van der Waals surface area contributed by atoms with Gasteiger partial charge in [0.2, 0.25) is 5.91 Å². The molecule has 0 aliphatic rings. The third-order valence-electron chi connectivity index (χ3n) is 4.44. The fraction of sp³-hybridized carbons (Fsp3) is 0.273. The van der Waals surface area contributed by atoms with E-state index in [1.807, 2.05) is 26.0 Å². The number of thioether (sulfide) groups is 1. The zero-order chi connectivity index (χ0) is 18.8. The van der Waals surface area contributed by atoms with Crippen molar-refractivity contribution in [2.45, 2.75) is 39.6 Å². The number of aryl methyl sites for hydroxylation is 5. The average Bonchev–Trinajstić information content (AvgIpc) is 2.56. The molecule has 0 saturated carbocycles. The van der Waals surface area contributed by atoms with Crippen LogP contribution in [0.25, 0.3) is 10.9 Å². The first-order chi connectivity index (χ1) is 12.3. The van der Waals surface area contributed by atoms with Gasteiger partial charge in [0.05, 0.1) is 16.3 Å². The molecule has 0 spiro atoms. The van der Waals surface area contributed by atoms with E-state index in [1.165, 1.54) is 39.4 Å². The first-order valence-electron chi connectivity index (χ1n) is 8.72. The molecular weight excluding hydrogens is 340 g/mol. The highest BCUT2D eigenvalue weighted by Crippen LogP contribution is 2.27. The Morgan fingerprint density at radius 1 is 0.923 bits per heavy atom. The van der Waals surface area contributed by atoms with E-state index in [0.29, 0.717) is 5.75 Å². The van der Waals surface area contributed by atoms with Crippen LogP contribution in [-0.4, -0.2) is 16.6 Å². The number of fused-ring (bicyclic) bond motifs is 1. The Labute approximate surface area is 159 Å². The number of hydrogen-bond acceptors (Lipinski definition) is 3. The summed E-state index contributed by atoms with van der Waals surface area (Å²) in [4.78, 5) is 17.1. The maximum absolute atomic E-state index is 12.3. The van der Waals surface area contributed by atoms with Crippen molar-refractivity contribution in [3.05, 3.63) is 64.2 Å². The van der Waals surface area contributed by atoms with Crippen molar-refractivity contribution in [1.29, 1.82) is 0 Å². The Balaban J connectivity index is 1.74. The molecule has 2 aromatic carbocycles. The number of anilines is 1. The molecule has 0 aliphatic carbocycles. The van der Waals surface area contributed by atoms with E-state index < -0.39 is 0 Å².